The van der Waals surface area contributed by atoms with Gasteiger partial charge < -0.3 is 15.0 Å². The number of methoxy groups -OCH3 is 1. The van der Waals surface area contributed by atoms with Crippen molar-refractivity contribution >= 4 is 40.7 Å². The van der Waals surface area contributed by atoms with Crippen molar-refractivity contribution in [3.63, 3.8) is 0 Å². The van der Waals surface area contributed by atoms with Crippen LogP contribution >= 0.6 is 11.6 Å². The molecule has 0 saturated carbocycles. The van der Waals surface area contributed by atoms with Crippen molar-refractivity contribution in [3.8, 4) is 0 Å². The maximum absolute atomic E-state index is 11.7. The predicted octanol–water partition coefficient (Wildman–Crippen LogP) is 3.82. The summed E-state index contributed by atoms with van der Waals surface area (Å²) in [6, 6.07) is 14.5. The minimum atomic E-state index is -0.457. The zero-order chi connectivity index (χ0) is 18.5. The van der Waals surface area contributed by atoms with Crippen LogP contribution in [0.1, 0.15) is 10.4 Å². The number of ether oxygens (including phenoxy) is 1. The molecule has 3 rings (SSSR count). The van der Waals surface area contributed by atoms with E-state index in [4.69, 9.17) is 16.3 Å². The Morgan fingerprint density at radius 2 is 1.96 bits per heavy atom. The Kier molecular flexibility index (Phi) is 5.28. The van der Waals surface area contributed by atoms with E-state index in [-0.39, 0.29) is 5.95 Å². The minimum absolute atomic E-state index is 0.259. The monoisotopic (exact) mass is 369 g/mol. The van der Waals surface area contributed by atoms with E-state index in [2.05, 4.69) is 20.5 Å². The van der Waals surface area contributed by atoms with Gasteiger partial charge in [-0.3, -0.25) is 0 Å². The molecule has 0 saturated heterocycles. The fraction of sp³-hybridized carbons (Fsp3) is 0.111. The number of halogens is 1. The molecule has 0 aliphatic heterocycles. The SMILES string of the molecule is COC(=O)c1ccc(Cl)c(Nc2nncc(N(C)c3ccccc3)n2)c1. The second-order valence-electron chi connectivity index (χ2n) is 5.34. The van der Waals surface area contributed by atoms with Crippen molar-refractivity contribution in [2.24, 2.45) is 0 Å². The highest BCUT2D eigenvalue weighted by molar-refractivity contribution is 6.33. The second-order valence-corrected chi connectivity index (χ2v) is 5.75. The van der Waals surface area contributed by atoms with E-state index in [9.17, 15) is 4.79 Å². The molecule has 0 amide bonds. The lowest BCUT2D eigenvalue weighted by Crippen LogP contribution is -2.13. The molecule has 0 aliphatic rings. The summed E-state index contributed by atoms with van der Waals surface area (Å²) in [7, 11) is 3.20. The number of anilines is 4. The number of carbonyl (C=O) groups is 1. The standard InChI is InChI=1S/C18H16ClN5O2/c1-24(13-6-4-3-5-7-13)16-11-20-23-18(22-16)21-15-10-12(17(25)26-2)8-9-14(15)19/h3-11H,1-2H3,(H,21,22,23). The van der Waals surface area contributed by atoms with E-state index in [0.29, 0.717) is 22.1 Å². The Labute approximate surface area is 155 Å². The molecule has 3 aromatic rings. The smallest absolute Gasteiger partial charge is 0.337 e. The summed E-state index contributed by atoms with van der Waals surface area (Å²) < 4.78 is 4.72. The number of hydrogen-bond donors (Lipinski definition) is 1. The van der Waals surface area contributed by atoms with Gasteiger partial charge in [-0.05, 0) is 30.3 Å². The Morgan fingerprint density at radius 1 is 1.19 bits per heavy atom. The van der Waals surface area contributed by atoms with Gasteiger partial charge in [0.05, 0.1) is 29.6 Å². The molecule has 26 heavy (non-hydrogen) atoms. The van der Waals surface area contributed by atoms with Crippen molar-refractivity contribution in [1.82, 2.24) is 15.2 Å². The summed E-state index contributed by atoms with van der Waals surface area (Å²) in [5, 5.41) is 11.4. The second kappa shape index (κ2) is 7.79. The molecule has 1 N–H and O–H groups in total. The Bertz CT molecular complexity index is 920. The highest BCUT2D eigenvalue weighted by atomic mass is 35.5. The molecule has 2 aromatic carbocycles. The van der Waals surface area contributed by atoms with Crippen LogP contribution in [0.25, 0.3) is 0 Å². The first-order valence-electron chi connectivity index (χ1n) is 7.72. The van der Waals surface area contributed by atoms with E-state index in [1.54, 1.807) is 24.4 Å². The Hall–Kier alpha value is -3.19. The zero-order valence-electron chi connectivity index (χ0n) is 14.2. The maximum atomic E-state index is 11.7. The van der Waals surface area contributed by atoms with Crippen molar-refractivity contribution in [3.05, 3.63) is 65.3 Å². The fourth-order valence-electron chi connectivity index (χ4n) is 2.28. The molecule has 0 atom stereocenters. The first kappa shape index (κ1) is 17.6. The van der Waals surface area contributed by atoms with Gasteiger partial charge in [0, 0.05) is 12.7 Å². The highest BCUT2D eigenvalue weighted by Crippen LogP contribution is 2.27. The lowest BCUT2D eigenvalue weighted by Gasteiger charge is -2.18. The van der Waals surface area contributed by atoms with Gasteiger partial charge in [0.25, 0.3) is 0 Å². The summed E-state index contributed by atoms with van der Waals surface area (Å²) in [6.45, 7) is 0. The van der Waals surface area contributed by atoms with Gasteiger partial charge in [0.1, 0.15) is 0 Å². The van der Waals surface area contributed by atoms with Crippen LogP contribution < -0.4 is 10.2 Å². The lowest BCUT2D eigenvalue weighted by atomic mass is 10.2. The maximum Gasteiger partial charge on any atom is 0.337 e. The van der Waals surface area contributed by atoms with E-state index in [0.717, 1.165) is 5.69 Å². The first-order valence-corrected chi connectivity index (χ1v) is 8.09. The number of para-hydroxylation sites is 1. The zero-order valence-corrected chi connectivity index (χ0v) is 14.9. The molecule has 7 nitrogen and oxygen atoms in total. The number of hydrogen-bond acceptors (Lipinski definition) is 7. The Balaban J connectivity index is 1.87. The van der Waals surface area contributed by atoms with Crippen LogP contribution in [0, 0.1) is 0 Å². The molecular formula is C18H16ClN5O2. The summed E-state index contributed by atoms with van der Waals surface area (Å²) in [5.74, 6) is 0.407. The van der Waals surface area contributed by atoms with Crippen LogP contribution in [-0.4, -0.2) is 35.3 Å². The van der Waals surface area contributed by atoms with Gasteiger partial charge in [0.2, 0.25) is 5.95 Å². The molecule has 1 aromatic heterocycles. The molecule has 0 spiro atoms. The summed E-state index contributed by atoms with van der Waals surface area (Å²) in [4.78, 5) is 18.0. The fourth-order valence-corrected chi connectivity index (χ4v) is 2.44. The molecule has 0 radical (unpaired) electrons. The molecule has 1 heterocycles. The summed E-state index contributed by atoms with van der Waals surface area (Å²) in [5.41, 5.74) is 1.81. The van der Waals surface area contributed by atoms with E-state index in [1.165, 1.54) is 7.11 Å². The number of esters is 1. The van der Waals surface area contributed by atoms with Crippen molar-refractivity contribution in [1.29, 1.82) is 0 Å². The average molecular weight is 370 g/mol. The van der Waals surface area contributed by atoms with E-state index in [1.807, 2.05) is 42.3 Å². The molecule has 132 valence electrons. The Morgan fingerprint density at radius 3 is 2.69 bits per heavy atom. The van der Waals surface area contributed by atoms with Crippen LogP contribution in [-0.2, 0) is 4.74 Å². The van der Waals surface area contributed by atoms with Gasteiger partial charge in [-0.1, -0.05) is 29.8 Å². The van der Waals surface area contributed by atoms with Crippen LogP contribution in [0.3, 0.4) is 0 Å². The highest BCUT2D eigenvalue weighted by Gasteiger charge is 2.12. The number of benzene rings is 2. The van der Waals surface area contributed by atoms with Gasteiger partial charge >= 0.3 is 5.97 Å². The number of aromatic nitrogens is 3. The molecule has 0 aliphatic carbocycles. The number of rotatable bonds is 5. The summed E-state index contributed by atoms with van der Waals surface area (Å²) in [6.07, 6.45) is 1.56. The topological polar surface area (TPSA) is 80.2 Å². The lowest BCUT2D eigenvalue weighted by molar-refractivity contribution is 0.0601. The van der Waals surface area contributed by atoms with Crippen molar-refractivity contribution < 1.29 is 9.53 Å². The average Bonchev–Trinajstić information content (AvgIpc) is 2.69. The number of nitrogens with one attached hydrogen (secondary N) is 1. The molecular weight excluding hydrogens is 354 g/mol. The van der Waals surface area contributed by atoms with Gasteiger partial charge in [-0.15, -0.1) is 5.10 Å². The van der Waals surface area contributed by atoms with Gasteiger partial charge in [0.15, 0.2) is 5.82 Å². The number of nitrogens with zero attached hydrogens (tertiary/aromatic N) is 4. The quantitative estimate of drug-likeness (QED) is 0.684. The van der Waals surface area contributed by atoms with Crippen LogP contribution in [0.5, 0.6) is 0 Å². The molecule has 0 bridgehead atoms. The summed E-state index contributed by atoms with van der Waals surface area (Å²) >= 11 is 6.19. The van der Waals surface area contributed by atoms with Crippen molar-refractivity contribution in [2.75, 3.05) is 24.4 Å². The van der Waals surface area contributed by atoms with Crippen LogP contribution in [0.15, 0.2) is 54.7 Å². The third kappa shape index (κ3) is 3.89. The van der Waals surface area contributed by atoms with Crippen molar-refractivity contribution in [2.45, 2.75) is 0 Å². The van der Waals surface area contributed by atoms with E-state index >= 15 is 0 Å². The molecule has 8 heteroatoms. The van der Waals surface area contributed by atoms with E-state index < -0.39 is 5.97 Å². The predicted molar refractivity (Wildman–Crippen MR) is 100 cm³/mol. The van der Waals surface area contributed by atoms with Gasteiger partial charge in [-0.25, -0.2) is 4.79 Å². The molecule has 0 unspecified atom stereocenters. The number of carbonyl (C=O) groups excluding carboxylic acids is 1. The van der Waals surface area contributed by atoms with Gasteiger partial charge in [-0.2, -0.15) is 10.1 Å². The largest absolute Gasteiger partial charge is 0.465 e. The first-order chi connectivity index (χ1) is 12.6. The minimum Gasteiger partial charge on any atom is -0.465 e. The molecule has 0 fully saturated rings. The third-order valence-electron chi connectivity index (χ3n) is 3.67. The normalized spacial score (nSPS) is 10.3. The third-order valence-corrected chi connectivity index (χ3v) is 4.00. The van der Waals surface area contributed by atoms with Crippen LogP contribution in [0.2, 0.25) is 5.02 Å². The van der Waals surface area contributed by atoms with Crippen LogP contribution in [0.4, 0.5) is 23.1 Å².